The highest BCUT2D eigenvalue weighted by Gasteiger charge is 2.28. The molecule has 3 heterocycles. The Labute approximate surface area is 221 Å². The fourth-order valence-corrected chi connectivity index (χ4v) is 3.95. The molecule has 1 saturated heterocycles. The van der Waals surface area contributed by atoms with Gasteiger partial charge in [-0.3, -0.25) is 10.1 Å². The van der Waals surface area contributed by atoms with Crippen molar-refractivity contribution in [1.29, 1.82) is 0 Å². The molecule has 11 heteroatoms. The third-order valence-corrected chi connectivity index (χ3v) is 5.94. The van der Waals surface area contributed by atoms with Gasteiger partial charge in [0.1, 0.15) is 12.4 Å². The van der Waals surface area contributed by atoms with Gasteiger partial charge in [0.25, 0.3) is 0 Å². The molecule has 4 rings (SSSR count). The van der Waals surface area contributed by atoms with E-state index in [2.05, 4.69) is 42.9 Å². The Balaban J connectivity index is 1.31. The molecule has 0 spiro atoms. The first-order valence-electron chi connectivity index (χ1n) is 12.3. The molecule has 0 saturated carbocycles. The summed E-state index contributed by atoms with van der Waals surface area (Å²) in [7, 11) is 0. The van der Waals surface area contributed by atoms with Crippen LogP contribution in [0.5, 0.6) is 0 Å². The lowest BCUT2D eigenvalue weighted by atomic mass is 9.93. The summed E-state index contributed by atoms with van der Waals surface area (Å²) in [4.78, 5) is 34.5. The number of hydrogen-bond acceptors (Lipinski definition) is 8. The highest BCUT2D eigenvalue weighted by molar-refractivity contribution is 5.99. The Morgan fingerprint density at radius 1 is 1.13 bits per heavy atom. The number of carbonyl (C=O) groups excluding carboxylic acids is 2. The molecule has 38 heavy (non-hydrogen) atoms. The molecule has 1 fully saturated rings. The van der Waals surface area contributed by atoms with Crippen LogP contribution >= 0.6 is 0 Å². The number of benzene rings is 1. The first kappa shape index (κ1) is 26.6. The number of urea groups is 1. The number of aliphatic hydroxyl groups is 1. The summed E-state index contributed by atoms with van der Waals surface area (Å²) in [6.07, 6.45) is 5.02. The van der Waals surface area contributed by atoms with Crippen molar-refractivity contribution in [3.63, 3.8) is 0 Å². The zero-order valence-electron chi connectivity index (χ0n) is 21.6. The fourth-order valence-electron chi connectivity index (χ4n) is 3.95. The number of likely N-dealkylation sites (tertiary alicyclic amines) is 1. The molecule has 1 unspecified atom stereocenters. The van der Waals surface area contributed by atoms with Gasteiger partial charge in [-0.15, -0.1) is 0 Å². The predicted octanol–water partition coefficient (Wildman–Crippen LogP) is 3.20. The highest BCUT2D eigenvalue weighted by Crippen LogP contribution is 2.24. The third-order valence-electron chi connectivity index (χ3n) is 5.94. The van der Waals surface area contributed by atoms with Crippen molar-refractivity contribution < 1.29 is 19.2 Å². The van der Waals surface area contributed by atoms with Crippen molar-refractivity contribution in [2.24, 2.45) is 0 Å². The van der Waals surface area contributed by atoms with Crippen LogP contribution in [0.15, 0.2) is 47.2 Å². The van der Waals surface area contributed by atoms with Gasteiger partial charge < -0.3 is 25.2 Å². The second-order valence-corrected chi connectivity index (χ2v) is 9.95. The van der Waals surface area contributed by atoms with Crippen LogP contribution in [0.2, 0.25) is 0 Å². The van der Waals surface area contributed by atoms with E-state index >= 15 is 0 Å². The van der Waals surface area contributed by atoms with Gasteiger partial charge in [-0.25, -0.2) is 14.8 Å². The smallest absolute Gasteiger partial charge is 0.324 e. The minimum Gasteiger partial charge on any atom is -0.387 e. The van der Waals surface area contributed by atoms with E-state index in [0.717, 1.165) is 12.8 Å². The zero-order chi connectivity index (χ0) is 27.1. The Kier molecular flexibility index (Phi) is 8.23. The largest absolute Gasteiger partial charge is 0.387 e. The van der Waals surface area contributed by atoms with E-state index in [0.29, 0.717) is 47.4 Å². The molecule has 1 atom stereocenters. The predicted molar refractivity (Wildman–Crippen MR) is 143 cm³/mol. The van der Waals surface area contributed by atoms with Crippen molar-refractivity contribution in [3.8, 4) is 11.8 Å². The maximum atomic E-state index is 12.4. The molecule has 1 aliphatic heterocycles. The van der Waals surface area contributed by atoms with Crippen LogP contribution in [0.3, 0.4) is 0 Å². The van der Waals surface area contributed by atoms with Crippen LogP contribution in [0.25, 0.3) is 0 Å². The Bertz CT molecular complexity index is 1340. The van der Waals surface area contributed by atoms with Crippen molar-refractivity contribution in [2.75, 3.05) is 35.6 Å². The molecule has 0 aliphatic carbocycles. The number of nitrogens with one attached hydrogen (secondary N) is 3. The van der Waals surface area contributed by atoms with E-state index in [1.807, 2.05) is 26.8 Å². The standard InChI is InChI=1S/C27H31N7O4/c1-27(2,3)22-13-23(33-38-22)32-26(37)31-20-7-4-6-18(12-20)9-10-19-14-28-25(29-15-19)30-16-21-8-5-11-34(21)24(36)17-35/h4,6-7,12-15,21,35H,5,8,11,16-17H2,1-3H3,(H,28,29,30)(H2,31,32,33,37). The zero-order valence-corrected chi connectivity index (χ0v) is 21.6. The maximum Gasteiger partial charge on any atom is 0.324 e. The lowest BCUT2D eigenvalue weighted by Crippen LogP contribution is -2.41. The molecule has 1 aliphatic rings. The van der Waals surface area contributed by atoms with Crippen LogP contribution in [0.4, 0.5) is 22.2 Å². The molecule has 3 amide bonds. The first-order chi connectivity index (χ1) is 18.2. The molecule has 198 valence electrons. The van der Waals surface area contributed by atoms with Crippen LogP contribution in [0.1, 0.15) is 50.5 Å². The average molecular weight is 518 g/mol. The van der Waals surface area contributed by atoms with Gasteiger partial charge in [0.2, 0.25) is 11.9 Å². The van der Waals surface area contributed by atoms with Gasteiger partial charge in [0.05, 0.1) is 5.56 Å². The van der Waals surface area contributed by atoms with E-state index in [1.165, 1.54) is 0 Å². The SMILES string of the molecule is CC(C)(C)c1cc(NC(=O)Nc2cccc(C#Cc3cnc(NCC4CCCN4C(=O)CO)nc3)c2)no1. The normalized spacial score (nSPS) is 14.9. The van der Waals surface area contributed by atoms with Crippen LogP contribution in [0, 0.1) is 11.8 Å². The van der Waals surface area contributed by atoms with Crippen LogP contribution in [-0.4, -0.2) is 62.8 Å². The first-order valence-corrected chi connectivity index (χ1v) is 12.3. The molecule has 0 bridgehead atoms. The minimum absolute atomic E-state index is 0.0117. The quantitative estimate of drug-likeness (QED) is 0.365. The van der Waals surface area contributed by atoms with Crippen LogP contribution in [-0.2, 0) is 10.2 Å². The molecular weight excluding hydrogens is 486 g/mol. The summed E-state index contributed by atoms with van der Waals surface area (Å²) in [5.41, 5.74) is 1.70. The summed E-state index contributed by atoms with van der Waals surface area (Å²) >= 11 is 0. The number of anilines is 3. The molecule has 0 radical (unpaired) electrons. The topological polar surface area (TPSA) is 146 Å². The number of amides is 3. The monoisotopic (exact) mass is 517 g/mol. The number of aromatic nitrogens is 3. The Morgan fingerprint density at radius 2 is 1.89 bits per heavy atom. The lowest BCUT2D eigenvalue weighted by Gasteiger charge is -2.24. The highest BCUT2D eigenvalue weighted by atomic mass is 16.5. The molecule has 4 N–H and O–H groups in total. The molecule has 2 aromatic heterocycles. The number of nitrogens with zero attached hydrogens (tertiary/aromatic N) is 4. The van der Waals surface area contributed by atoms with Crippen LogP contribution < -0.4 is 16.0 Å². The summed E-state index contributed by atoms with van der Waals surface area (Å²) in [6, 6.07) is 8.42. The van der Waals surface area contributed by atoms with E-state index in [4.69, 9.17) is 9.63 Å². The average Bonchev–Trinajstić information content (AvgIpc) is 3.56. The Hall–Kier alpha value is -4.43. The maximum absolute atomic E-state index is 12.4. The summed E-state index contributed by atoms with van der Waals surface area (Å²) in [6.45, 7) is 6.68. The lowest BCUT2D eigenvalue weighted by molar-refractivity contribution is -0.134. The fraction of sp³-hybridized carbons (Fsp3) is 0.370. The molecule has 11 nitrogen and oxygen atoms in total. The molecule has 3 aromatic rings. The summed E-state index contributed by atoms with van der Waals surface area (Å²) in [5, 5.41) is 21.6. The van der Waals surface area contributed by atoms with Gasteiger partial charge in [-0.1, -0.05) is 43.8 Å². The van der Waals surface area contributed by atoms with Crippen molar-refractivity contribution in [3.05, 3.63) is 59.6 Å². The van der Waals surface area contributed by atoms with E-state index in [-0.39, 0.29) is 17.4 Å². The molecule has 1 aromatic carbocycles. The van der Waals surface area contributed by atoms with Gasteiger partial charge in [0, 0.05) is 54.3 Å². The second-order valence-electron chi connectivity index (χ2n) is 9.95. The van der Waals surface area contributed by atoms with Gasteiger partial charge in [0.15, 0.2) is 5.82 Å². The summed E-state index contributed by atoms with van der Waals surface area (Å²) in [5.74, 6) is 7.26. The van der Waals surface area contributed by atoms with Crippen molar-refractivity contribution in [1.82, 2.24) is 20.0 Å². The third kappa shape index (κ3) is 7.08. The Morgan fingerprint density at radius 3 is 2.61 bits per heavy atom. The van der Waals surface area contributed by atoms with Crippen molar-refractivity contribution in [2.45, 2.75) is 45.1 Å². The van der Waals surface area contributed by atoms with E-state index < -0.39 is 12.6 Å². The minimum atomic E-state index is -0.478. The van der Waals surface area contributed by atoms with E-state index in [1.54, 1.807) is 41.6 Å². The number of rotatable bonds is 6. The summed E-state index contributed by atoms with van der Waals surface area (Å²) < 4.78 is 5.29. The number of carbonyl (C=O) groups is 2. The van der Waals surface area contributed by atoms with E-state index in [9.17, 15) is 9.59 Å². The van der Waals surface area contributed by atoms with Gasteiger partial charge in [-0.05, 0) is 31.0 Å². The van der Waals surface area contributed by atoms with Crippen molar-refractivity contribution >= 4 is 29.4 Å². The van der Waals surface area contributed by atoms with Gasteiger partial charge >= 0.3 is 6.03 Å². The second kappa shape index (κ2) is 11.7. The number of aliphatic hydroxyl groups excluding tert-OH is 1. The number of hydrogen-bond donors (Lipinski definition) is 4. The van der Waals surface area contributed by atoms with Gasteiger partial charge in [-0.2, -0.15) is 0 Å². The molecular formula is C27H31N7O4.